The number of anilines is 1. The maximum atomic E-state index is 12.5. The van der Waals surface area contributed by atoms with Crippen LogP contribution in [0.15, 0.2) is 30.3 Å². The molecule has 8 nitrogen and oxygen atoms in total. The molecular weight excluding hydrogens is 358 g/mol. The quantitative estimate of drug-likeness (QED) is 0.721. The van der Waals surface area contributed by atoms with Gasteiger partial charge in [-0.2, -0.15) is 5.10 Å². The number of hydrogen-bond donors (Lipinski definition) is 2. The van der Waals surface area contributed by atoms with Gasteiger partial charge < -0.3 is 19.9 Å². The van der Waals surface area contributed by atoms with Crippen molar-refractivity contribution in [3.63, 3.8) is 0 Å². The lowest BCUT2D eigenvalue weighted by atomic mass is 10.3. The molecule has 2 heterocycles. The summed E-state index contributed by atoms with van der Waals surface area (Å²) in [7, 11) is 1.85. The predicted octanol–water partition coefficient (Wildman–Crippen LogP) is -0.199. The molecule has 0 aliphatic carbocycles. The number of morpholine rings is 1. The standard InChI is InChI=1S/C20H27N5O3/c1-15-20(16(2)25(22-15)17-7-5-4-6-8-17)21-18(26)13-23(3)14-19(27)24-9-11-28-12-10-24/h4-8H,9-14H2,1-3H3,(H,21,26)/p+1. The summed E-state index contributed by atoms with van der Waals surface area (Å²) in [6, 6.07) is 9.80. The Bertz CT molecular complexity index is 828. The van der Waals surface area contributed by atoms with Crippen molar-refractivity contribution in [3.05, 3.63) is 41.7 Å². The molecule has 2 aromatic rings. The third-order valence-electron chi connectivity index (χ3n) is 4.84. The molecule has 8 heteroatoms. The van der Waals surface area contributed by atoms with Crippen LogP contribution in [0.5, 0.6) is 0 Å². The average Bonchev–Trinajstić information content (AvgIpc) is 2.97. The normalized spacial score (nSPS) is 15.3. The number of nitrogens with one attached hydrogen (secondary N) is 2. The highest BCUT2D eigenvalue weighted by atomic mass is 16.5. The van der Waals surface area contributed by atoms with Crippen LogP contribution in [0, 0.1) is 13.8 Å². The number of hydrogen-bond acceptors (Lipinski definition) is 4. The molecule has 150 valence electrons. The summed E-state index contributed by atoms with van der Waals surface area (Å²) in [5, 5.41) is 7.51. The summed E-state index contributed by atoms with van der Waals surface area (Å²) in [5.41, 5.74) is 3.31. The number of aromatic nitrogens is 2. The molecule has 2 amide bonds. The van der Waals surface area contributed by atoms with Crippen molar-refractivity contribution in [2.24, 2.45) is 0 Å². The number of quaternary nitrogens is 1. The molecule has 1 atom stereocenters. The predicted molar refractivity (Wildman–Crippen MR) is 106 cm³/mol. The van der Waals surface area contributed by atoms with Crippen molar-refractivity contribution in [3.8, 4) is 5.69 Å². The largest absolute Gasteiger partial charge is 0.378 e. The maximum Gasteiger partial charge on any atom is 0.279 e. The van der Waals surface area contributed by atoms with Crippen LogP contribution >= 0.6 is 0 Å². The number of benzene rings is 1. The van der Waals surface area contributed by atoms with Gasteiger partial charge in [0.25, 0.3) is 11.8 Å². The number of ether oxygens (including phenoxy) is 1. The summed E-state index contributed by atoms with van der Waals surface area (Å²) >= 11 is 0. The van der Waals surface area contributed by atoms with E-state index in [1.807, 2.05) is 55.9 Å². The lowest BCUT2D eigenvalue weighted by Crippen LogP contribution is -3.11. The Kier molecular flexibility index (Phi) is 6.43. The second kappa shape index (κ2) is 8.99. The smallest absolute Gasteiger partial charge is 0.279 e. The van der Waals surface area contributed by atoms with Gasteiger partial charge in [0.2, 0.25) is 0 Å². The Hall–Kier alpha value is -2.71. The fourth-order valence-corrected chi connectivity index (χ4v) is 3.35. The zero-order chi connectivity index (χ0) is 20.1. The minimum atomic E-state index is -0.133. The molecule has 1 aliphatic heterocycles. The van der Waals surface area contributed by atoms with Crippen LogP contribution < -0.4 is 10.2 Å². The first-order valence-electron chi connectivity index (χ1n) is 9.54. The maximum absolute atomic E-state index is 12.5. The van der Waals surface area contributed by atoms with Crippen molar-refractivity contribution < 1.29 is 19.2 Å². The number of carbonyl (C=O) groups excluding carboxylic acids is 2. The van der Waals surface area contributed by atoms with Gasteiger partial charge in [0.05, 0.1) is 43.0 Å². The van der Waals surface area contributed by atoms with Gasteiger partial charge in [-0.3, -0.25) is 9.59 Å². The van der Waals surface area contributed by atoms with E-state index in [1.165, 1.54) is 0 Å². The van der Waals surface area contributed by atoms with E-state index in [0.717, 1.165) is 27.7 Å². The second-order valence-corrected chi connectivity index (χ2v) is 7.15. The molecule has 0 bridgehead atoms. The SMILES string of the molecule is Cc1nn(-c2ccccc2)c(C)c1NC(=O)C[NH+](C)CC(=O)N1CCOCC1. The van der Waals surface area contributed by atoms with Gasteiger partial charge in [-0.25, -0.2) is 4.68 Å². The van der Waals surface area contributed by atoms with Gasteiger partial charge in [-0.05, 0) is 26.0 Å². The molecular formula is C20H28N5O3+. The molecule has 1 unspecified atom stereocenters. The van der Waals surface area contributed by atoms with E-state index < -0.39 is 0 Å². The first kappa shape index (κ1) is 20.0. The zero-order valence-corrected chi connectivity index (χ0v) is 16.7. The van der Waals surface area contributed by atoms with Crippen LogP contribution in [0.1, 0.15) is 11.4 Å². The summed E-state index contributed by atoms with van der Waals surface area (Å²) in [6.07, 6.45) is 0. The molecule has 1 saturated heterocycles. The topological polar surface area (TPSA) is 80.9 Å². The van der Waals surface area contributed by atoms with Crippen LogP contribution in [0.25, 0.3) is 5.69 Å². The first-order chi connectivity index (χ1) is 13.5. The van der Waals surface area contributed by atoms with Crippen molar-refractivity contribution in [1.82, 2.24) is 14.7 Å². The molecule has 2 N–H and O–H groups in total. The Morgan fingerprint density at radius 3 is 2.50 bits per heavy atom. The van der Waals surface area contributed by atoms with Crippen molar-refractivity contribution >= 4 is 17.5 Å². The summed E-state index contributed by atoms with van der Waals surface area (Å²) in [4.78, 5) is 27.5. The van der Waals surface area contributed by atoms with Crippen LogP contribution in [-0.2, 0) is 14.3 Å². The molecule has 0 radical (unpaired) electrons. The molecule has 0 spiro atoms. The van der Waals surface area contributed by atoms with E-state index in [1.54, 1.807) is 4.90 Å². The highest BCUT2D eigenvalue weighted by molar-refractivity contribution is 5.92. The molecule has 1 aromatic carbocycles. The molecule has 0 saturated carbocycles. The van der Waals surface area contributed by atoms with Crippen molar-refractivity contribution in [2.75, 3.05) is 51.8 Å². The Morgan fingerprint density at radius 2 is 1.82 bits per heavy atom. The fourth-order valence-electron chi connectivity index (χ4n) is 3.35. The molecule has 1 fully saturated rings. The third-order valence-corrected chi connectivity index (χ3v) is 4.84. The Balaban J connectivity index is 1.59. The third kappa shape index (κ3) is 4.76. The van der Waals surface area contributed by atoms with Gasteiger partial charge in [-0.15, -0.1) is 0 Å². The lowest BCUT2D eigenvalue weighted by Gasteiger charge is -2.27. The van der Waals surface area contributed by atoms with Crippen molar-refractivity contribution in [2.45, 2.75) is 13.8 Å². The monoisotopic (exact) mass is 386 g/mol. The molecule has 1 aromatic heterocycles. The van der Waals surface area contributed by atoms with Crippen molar-refractivity contribution in [1.29, 1.82) is 0 Å². The van der Waals surface area contributed by atoms with E-state index in [0.29, 0.717) is 26.3 Å². The average molecular weight is 386 g/mol. The van der Waals surface area contributed by atoms with Gasteiger partial charge >= 0.3 is 0 Å². The number of nitrogens with zero attached hydrogens (tertiary/aromatic N) is 3. The van der Waals surface area contributed by atoms with E-state index in [4.69, 9.17) is 4.74 Å². The summed E-state index contributed by atoms with van der Waals surface area (Å²) in [5.74, 6) is -0.0797. The molecule has 28 heavy (non-hydrogen) atoms. The number of aryl methyl sites for hydroxylation is 1. The molecule has 3 rings (SSSR count). The fraction of sp³-hybridized carbons (Fsp3) is 0.450. The van der Waals surface area contributed by atoms with Gasteiger partial charge in [-0.1, -0.05) is 18.2 Å². The Labute approximate surface area is 165 Å². The summed E-state index contributed by atoms with van der Waals surface area (Å²) < 4.78 is 7.09. The minimum Gasteiger partial charge on any atom is -0.378 e. The number of carbonyl (C=O) groups is 2. The highest BCUT2D eigenvalue weighted by Gasteiger charge is 2.22. The first-order valence-corrected chi connectivity index (χ1v) is 9.54. The van der Waals surface area contributed by atoms with Gasteiger partial charge in [0.15, 0.2) is 13.1 Å². The minimum absolute atomic E-state index is 0.0536. The van der Waals surface area contributed by atoms with Crippen LogP contribution in [0.4, 0.5) is 5.69 Å². The second-order valence-electron chi connectivity index (χ2n) is 7.15. The number of amides is 2. The van der Waals surface area contributed by atoms with E-state index in [9.17, 15) is 9.59 Å². The highest BCUT2D eigenvalue weighted by Crippen LogP contribution is 2.22. The summed E-state index contributed by atoms with van der Waals surface area (Å²) in [6.45, 7) is 6.71. The van der Waals surface area contributed by atoms with E-state index >= 15 is 0 Å². The van der Waals surface area contributed by atoms with Crippen LogP contribution in [0.2, 0.25) is 0 Å². The van der Waals surface area contributed by atoms with Crippen LogP contribution in [0.3, 0.4) is 0 Å². The van der Waals surface area contributed by atoms with E-state index in [-0.39, 0.29) is 24.9 Å². The zero-order valence-electron chi connectivity index (χ0n) is 16.7. The lowest BCUT2D eigenvalue weighted by molar-refractivity contribution is -0.862. The number of likely N-dealkylation sites (N-methyl/N-ethyl adjacent to an activating group) is 1. The number of rotatable bonds is 6. The number of para-hydroxylation sites is 1. The van der Waals surface area contributed by atoms with Crippen LogP contribution in [-0.4, -0.2) is 72.9 Å². The van der Waals surface area contributed by atoms with Gasteiger partial charge in [0, 0.05) is 13.1 Å². The van der Waals surface area contributed by atoms with E-state index in [2.05, 4.69) is 10.4 Å². The Morgan fingerprint density at radius 1 is 1.14 bits per heavy atom. The molecule has 1 aliphatic rings. The van der Waals surface area contributed by atoms with Gasteiger partial charge in [0.1, 0.15) is 0 Å².